The molecule has 8 heteroatoms. The third-order valence-corrected chi connectivity index (χ3v) is 5.63. The van der Waals surface area contributed by atoms with E-state index in [2.05, 4.69) is 20.1 Å². The Morgan fingerprint density at radius 3 is 2.85 bits per heavy atom. The van der Waals surface area contributed by atoms with Crippen LogP contribution in [0.3, 0.4) is 0 Å². The molecule has 2 aromatic heterocycles. The standard InChI is InChI=1S/C18H16ClN5O2/c19-17-15-18(21-8-20-17)24(9-22-15)12-6-11(7-25)13-14(23-26-16(12)13)10-4-2-1-3-5-10/h1-5,8-9,11-13,16,25H,6-7H2/t11-,12-,13+,16+/m1/s1. The van der Waals surface area contributed by atoms with Crippen LogP contribution in [0, 0.1) is 11.8 Å². The molecule has 1 N–H and O–H groups in total. The number of aliphatic hydroxyl groups is 1. The van der Waals surface area contributed by atoms with Gasteiger partial charge in [-0.25, -0.2) is 15.0 Å². The van der Waals surface area contributed by atoms with E-state index in [1.54, 1.807) is 6.33 Å². The topological polar surface area (TPSA) is 85.4 Å². The fourth-order valence-corrected chi connectivity index (χ4v) is 4.35. The van der Waals surface area contributed by atoms with Crippen LogP contribution >= 0.6 is 11.6 Å². The van der Waals surface area contributed by atoms with Crippen LogP contribution in [-0.2, 0) is 4.84 Å². The molecule has 0 spiro atoms. The van der Waals surface area contributed by atoms with Crippen molar-refractivity contribution in [2.75, 3.05) is 6.61 Å². The van der Waals surface area contributed by atoms with Gasteiger partial charge in [0.05, 0.1) is 24.0 Å². The van der Waals surface area contributed by atoms with Gasteiger partial charge in [0.15, 0.2) is 16.9 Å². The molecule has 0 saturated heterocycles. The summed E-state index contributed by atoms with van der Waals surface area (Å²) in [6.07, 6.45) is 3.73. The summed E-state index contributed by atoms with van der Waals surface area (Å²) in [4.78, 5) is 18.5. The van der Waals surface area contributed by atoms with Gasteiger partial charge in [-0.1, -0.05) is 47.1 Å². The molecule has 0 radical (unpaired) electrons. The minimum atomic E-state index is -0.173. The van der Waals surface area contributed by atoms with Gasteiger partial charge in [0.1, 0.15) is 11.8 Å². The predicted octanol–water partition coefficient (Wildman–Crippen LogP) is 2.45. The smallest absolute Gasteiger partial charge is 0.165 e. The predicted molar refractivity (Wildman–Crippen MR) is 95.9 cm³/mol. The van der Waals surface area contributed by atoms with E-state index in [-0.39, 0.29) is 30.6 Å². The lowest BCUT2D eigenvalue weighted by Gasteiger charge is -2.18. The molecule has 7 nitrogen and oxygen atoms in total. The van der Waals surface area contributed by atoms with Crippen LogP contribution < -0.4 is 0 Å². The Hall–Kier alpha value is -2.51. The van der Waals surface area contributed by atoms with Gasteiger partial charge in [0.25, 0.3) is 0 Å². The zero-order valence-corrected chi connectivity index (χ0v) is 14.5. The van der Waals surface area contributed by atoms with Gasteiger partial charge in [0.2, 0.25) is 0 Å². The maximum absolute atomic E-state index is 9.97. The minimum absolute atomic E-state index is 0.0296. The van der Waals surface area contributed by atoms with E-state index in [4.69, 9.17) is 16.4 Å². The summed E-state index contributed by atoms with van der Waals surface area (Å²) >= 11 is 6.13. The molecule has 1 fully saturated rings. The highest BCUT2D eigenvalue weighted by Crippen LogP contribution is 2.47. The second kappa shape index (κ2) is 6.03. The number of hydrogen-bond acceptors (Lipinski definition) is 6. The summed E-state index contributed by atoms with van der Waals surface area (Å²) in [5.74, 6) is 0.0865. The Bertz CT molecular complexity index is 990. The second-order valence-corrected chi connectivity index (χ2v) is 7.03. The molecule has 2 aliphatic rings. The second-order valence-electron chi connectivity index (χ2n) is 6.67. The molecule has 3 aromatic rings. The highest BCUT2D eigenvalue weighted by molar-refractivity contribution is 6.33. The first kappa shape index (κ1) is 15.7. The third kappa shape index (κ3) is 2.24. The van der Waals surface area contributed by atoms with Crippen molar-refractivity contribution < 1.29 is 9.94 Å². The SMILES string of the molecule is OC[C@H]1C[C@@H](n2cnc3c(Cl)ncnc32)[C@@H]2ON=C(c3ccccc3)[C@H]12. The van der Waals surface area contributed by atoms with Crippen LogP contribution in [-0.4, -0.2) is 43.0 Å². The molecule has 1 aliphatic heterocycles. The van der Waals surface area contributed by atoms with Crippen LogP contribution in [0.2, 0.25) is 5.15 Å². The van der Waals surface area contributed by atoms with Crippen molar-refractivity contribution in [1.29, 1.82) is 0 Å². The average Bonchev–Trinajstić information content (AvgIpc) is 3.36. The molecule has 3 heterocycles. The maximum Gasteiger partial charge on any atom is 0.165 e. The Kier molecular flexibility index (Phi) is 3.65. The van der Waals surface area contributed by atoms with E-state index in [1.807, 2.05) is 34.9 Å². The molecule has 1 aromatic carbocycles. The Morgan fingerprint density at radius 1 is 1.19 bits per heavy atom. The summed E-state index contributed by atoms with van der Waals surface area (Å²) < 4.78 is 1.97. The van der Waals surface area contributed by atoms with E-state index in [0.29, 0.717) is 16.3 Å². The number of nitrogens with zero attached hydrogens (tertiary/aromatic N) is 5. The third-order valence-electron chi connectivity index (χ3n) is 5.35. The lowest BCUT2D eigenvalue weighted by molar-refractivity contribution is 0.0421. The van der Waals surface area contributed by atoms with Crippen molar-refractivity contribution >= 4 is 28.5 Å². The molecule has 5 rings (SSSR count). The number of fused-ring (bicyclic) bond motifs is 2. The normalized spacial score (nSPS) is 27.4. The first-order chi connectivity index (χ1) is 12.8. The molecular weight excluding hydrogens is 354 g/mol. The zero-order valence-electron chi connectivity index (χ0n) is 13.7. The first-order valence-electron chi connectivity index (χ1n) is 8.51. The number of rotatable bonds is 3. The fourth-order valence-electron chi connectivity index (χ4n) is 4.17. The van der Waals surface area contributed by atoms with Gasteiger partial charge in [-0.05, 0) is 17.9 Å². The van der Waals surface area contributed by atoms with E-state index < -0.39 is 0 Å². The Balaban J connectivity index is 1.54. The van der Waals surface area contributed by atoms with E-state index in [1.165, 1.54) is 6.33 Å². The number of hydrogen-bond donors (Lipinski definition) is 1. The van der Waals surface area contributed by atoms with Crippen LogP contribution in [0.1, 0.15) is 18.0 Å². The van der Waals surface area contributed by atoms with Crippen molar-refractivity contribution in [3.8, 4) is 0 Å². The van der Waals surface area contributed by atoms with Crippen LogP contribution in [0.4, 0.5) is 0 Å². The summed E-state index contributed by atoms with van der Waals surface area (Å²) in [7, 11) is 0. The van der Waals surface area contributed by atoms with Gasteiger partial charge in [0, 0.05) is 6.61 Å². The Labute approximate surface area is 154 Å². The van der Waals surface area contributed by atoms with Crippen molar-refractivity contribution in [3.63, 3.8) is 0 Å². The summed E-state index contributed by atoms with van der Waals surface area (Å²) in [6.45, 7) is 0.0786. The molecule has 0 unspecified atom stereocenters. The summed E-state index contributed by atoms with van der Waals surface area (Å²) in [5.41, 5.74) is 3.17. The molecule has 132 valence electrons. The number of oxime groups is 1. The van der Waals surface area contributed by atoms with E-state index in [9.17, 15) is 5.11 Å². The van der Waals surface area contributed by atoms with Crippen molar-refractivity contribution in [2.24, 2.45) is 17.0 Å². The van der Waals surface area contributed by atoms with Gasteiger partial charge in [-0.2, -0.15) is 0 Å². The monoisotopic (exact) mass is 369 g/mol. The van der Waals surface area contributed by atoms with E-state index >= 15 is 0 Å². The molecule has 1 aliphatic carbocycles. The van der Waals surface area contributed by atoms with Gasteiger partial charge in [-0.3, -0.25) is 0 Å². The number of imidazole rings is 1. The number of aliphatic hydroxyl groups excluding tert-OH is 1. The number of benzene rings is 1. The van der Waals surface area contributed by atoms with Gasteiger partial charge in [-0.15, -0.1) is 0 Å². The lowest BCUT2D eigenvalue weighted by Crippen LogP contribution is -2.28. The molecule has 4 atom stereocenters. The molecule has 26 heavy (non-hydrogen) atoms. The van der Waals surface area contributed by atoms with Crippen molar-refractivity contribution in [1.82, 2.24) is 19.5 Å². The number of halogens is 1. The maximum atomic E-state index is 9.97. The molecule has 0 amide bonds. The fraction of sp³-hybridized carbons (Fsp3) is 0.333. The Morgan fingerprint density at radius 2 is 2.04 bits per heavy atom. The molecular formula is C18H16ClN5O2. The van der Waals surface area contributed by atoms with Crippen LogP contribution in [0.25, 0.3) is 11.2 Å². The minimum Gasteiger partial charge on any atom is -0.396 e. The van der Waals surface area contributed by atoms with Crippen LogP contribution in [0.15, 0.2) is 48.1 Å². The highest BCUT2D eigenvalue weighted by atomic mass is 35.5. The lowest BCUT2D eigenvalue weighted by atomic mass is 9.87. The quantitative estimate of drug-likeness (QED) is 0.717. The number of aromatic nitrogens is 4. The highest BCUT2D eigenvalue weighted by Gasteiger charge is 2.52. The van der Waals surface area contributed by atoms with Crippen molar-refractivity contribution in [3.05, 3.63) is 53.7 Å². The van der Waals surface area contributed by atoms with Crippen LogP contribution in [0.5, 0.6) is 0 Å². The zero-order chi connectivity index (χ0) is 17.7. The first-order valence-corrected chi connectivity index (χ1v) is 8.88. The summed E-state index contributed by atoms with van der Waals surface area (Å²) in [5, 5.41) is 14.7. The van der Waals surface area contributed by atoms with Gasteiger partial charge >= 0.3 is 0 Å². The van der Waals surface area contributed by atoms with E-state index in [0.717, 1.165) is 17.7 Å². The average molecular weight is 370 g/mol. The van der Waals surface area contributed by atoms with Crippen molar-refractivity contribution in [2.45, 2.75) is 18.6 Å². The molecule has 0 bridgehead atoms. The van der Waals surface area contributed by atoms with Gasteiger partial charge < -0.3 is 14.5 Å². The summed E-state index contributed by atoms with van der Waals surface area (Å²) in [6, 6.07) is 9.94. The largest absolute Gasteiger partial charge is 0.396 e. The molecule has 1 saturated carbocycles.